The minimum absolute atomic E-state index is 0.445. The number of hydrogen-bond acceptors (Lipinski definition) is 3. The maximum absolute atomic E-state index is 5.96. The molecule has 4 atom stereocenters. The van der Waals surface area contributed by atoms with Gasteiger partial charge in [-0.15, -0.1) is 0 Å². The van der Waals surface area contributed by atoms with Crippen LogP contribution in [0.25, 0.3) is 0 Å². The average Bonchev–Trinajstić information content (AvgIpc) is 2.86. The van der Waals surface area contributed by atoms with E-state index in [0.29, 0.717) is 12.2 Å². The third-order valence-corrected chi connectivity index (χ3v) is 4.58. The summed E-state index contributed by atoms with van der Waals surface area (Å²) >= 11 is 0. The Hall–Kier alpha value is -0.120. The molecule has 0 radical (unpaired) electrons. The number of nitrogens with one attached hydrogen (secondary N) is 1. The van der Waals surface area contributed by atoms with Gasteiger partial charge in [-0.25, -0.2) is 0 Å². The van der Waals surface area contributed by atoms with Crippen molar-refractivity contribution in [2.24, 2.45) is 11.8 Å². The van der Waals surface area contributed by atoms with Gasteiger partial charge in [0.2, 0.25) is 0 Å². The van der Waals surface area contributed by atoms with Crippen LogP contribution in [0.4, 0.5) is 0 Å². The van der Waals surface area contributed by atoms with E-state index >= 15 is 0 Å². The van der Waals surface area contributed by atoms with E-state index in [1.807, 2.05) is 0 Å². The van der Waals surface area contributed by atoms with Gasteiger partial charge in [-0.05, 0) is 43.9 Å². The first kappa shape index (κ1) is 14.3. The van der Waals surface area contributed by atoms with E-state index in [0.717, 1.165) is 38.1 Å². The fourth-order valence-corrected chi connectivity index (χ4v) is 3.02. The molecule has 106 valence electrons. The van der Waals surface area contributed by atoms with Crippen LogP contribution in [0.2, 0.25) is 0 Å². The molecule has 4 unspecified atom stereocenters. The molecule has 0 amide bonds. The lowest BCUT2D eigenvalue weighted by molar-refractivity contribution is 0.00334. The molecule has 18 heavy (non-hydrogen) atoms. The lowest BCUT2D eigenvalue weighted by Crippen LogP contribution is -2.32. The van der Waals surface area contributed by atoms with Crippen molar-refractivity contribution in [2.45, 2.75) is 58.2 Å². The largest absolute Gasteiger partial charge is 0.377 e. The lowest BCUT2D eigenvalue weighted by Gasteiger charge is -2.32. The molecule has 2 rings (SSSR count). The topological polar surface area (TPSA) is 30.5 Å². The molecule has 0 bridgehead atoms. The standard InChI is InChI=1S/C15H29NO2/c1-12-5-6-14(10-13(12)2)18-9-7-16-11-15-4-3-8-17-15/h12-16H,3-11H2,1-2H3. The van der Waals surface area contributed by atoms with E-state index in [4.69, 9.17) is 9.47 Å². The third-order valence-electron chi connectivity index (χ3n) is 4.58. The lowest BCUT2D eigenvalue weighted by atomic mass is 9.80. The van der Waals surface area contributed by atoms with Gasteiger partial charge in [0.25, 0.3) is 0 Å². The first-order chi connectivity index (χ1) is 8.75. The second-order valence-corrected chi connectivity index (χ2v) is 6.10. The van der Waals surface area contributed by atoms with Crippen molar-refractivity contribution in [3.05, 3.63) is 0 Å². The molecule has 0 aromatic rings. The van der Waals surface area contributed by atoms with Gasteiger partial charge in [-0.3, -0.25) is 0 Å². The molecule has 0 aromatic carbocycles. The average molecular weight is 255 g/mol. The highest BCUT2D eigenvalue weighted by Crippen LogP contribution is 2.30. The van der Waals surface area contributed by atoms with Gasteiger partial charge in [0, 0.05) is 19.7 Å². The molecule has 1 aliphatic carbocycles. The molecular weight excluding hydrogens is 226 g/mol. The highest BCUT2D eigenvalue weighted by Gasteiger charge is 2.24. The molecule has 2 fully saturated rings. The first-order valence-electron chi connectivity index (χ1n) is 7.69. The zero-order valence-electron chi connectivity index (χ0n) is 12.0. The van der Waals surface area contributed by atoms with Gasteiger partial charge in [0.05, 0.1) is 18.8 Å². The SMILES string of the molecule is CC1CCC(OCCNCC2CCCO2)CC1C. The van der Waals surface area contributed by atoms with Crippen LogP contribution in [0.1, 0.15) is 46.0 Å². The summed E-state index contributed by atoms with van der Waals surface area (Å²) in [5, 5.41) is 3.44. The van der Waals surface area contributed by atoms with Gasteiger partial charge < -0.3 is 14.8 Å². The Morgan fingerprint density at radius 1 is 1.17 bits per heavy atom. The quantitative estimate of drug-likeness (QED) is 0.740. The van der Waals surface area contributed by atoms with Crippen molar-refractivity contribution in [3.8, 4) is 0 Å². The van der Waals surface area contributed by atoms with E-state index in [9.17, 15) is 0 Å². The van der Waals surface area contributed by atoms with E-state index in [-0.39, 0.29) is 0 Å². The summed E-state index contributed by atoms with van der Waals surface area (Å²) in [6, 6.07) is 0. The molecule has 1 aliphatic heterocycles. The van der Waals surface area contributed by atoms with E-state index < -0.39 is 0 Å². The monoisotopic (exact) mass is 255 g/mol. The number of rotatable bonds is 6. The van der Waals surface area contributed by atoms with Crippen molar-refractivity contribution in [2.75, 3.05) is 26.3 Å². The van der Waals surface area contributed by atoms with E-state index in [2.05, 4.69) is 19.2 Å². The summed E-state index contributed by atoms with van der Waals surface area (Å²) in [6.45, 7) is 8.46. The molecule has 1 N–H and O–H groups in total. The van der Waals surface area contributed by atoms with Crippen LogP contribution in [0.3, 0.4) is 0 Å². The van der Waals surface area contributed by atoms with Crippen molar-refractivity contribution in [1.29, 1.82) is 0 Å². The van der Waals surface area contributed by atoms with Crippen molar-refractivity contribution < 1.29 is 9.47 Å². The molecular formula is C15H29NO2. The zero-order chi connectivity index (χ0) is 12.8. The Balaban J connectivity index is 1.47. The van der Waals surface area contributed by atoms with Gasteiger partial charge in [0.15, 0.2) is 0 Å². The molecule has 3 nitrogen and oxygen atoms in total. The van der Waals surface area contributed by atoms with Crippen LogP contribution in [0.15, 0.2) is 0 Å². The van der Waals surface area contributed by atoms with Crippen LogP contribution in [0, 0.1) is 11.8 Å². The third kappa shape index (κ3) is 4.52. The van der Waals surface area contributed by atoms with Crippen LogP contribution >= 0.6 is 0 Å². The van der Waals surface area contributed by atoms with Crippen LogP contribution < -0.4 is 5.32 Å². The summed E-state index contributed by atoms with van der Waals surface area (Å²) in [5.74, 6) is 1.70. The zero-order valence-corrected chi connectivity index (χ0v) is 12.0. The van der Waals surface area contributed by atoms with Crippen molar-refractivity contribution in [3.63, 3.8) is 0 Å². The minimum atomic E-state index is 0.445. The highest BCUT2D eigenvalue weighted by atomic mass is 16.5. The summed E-state index contributed by atoms with van der Waals surface area (Å²) in [6.07, 6.45) is 7.20. The fraction of sp³-hybridized carbons (Fsp3) is 1.00. The second kappa shape index (κ2) is 7.46. The molecule has 1 saturated heterocycles. The summed E-state index contributed by atoms with van der Waals surface area (Å²) < 4.78 is 11.5. The fourth-order valence-electron chi connectivity index (χ4n) is 3.02. The Kier molecular flexibility index (Phi) is 5.93. The van der Waals surface area contributed by atoms with Crippen LogP contribution in [-0.2, 0) is 9.47 Å². The molecule has 1 heterocycles. The van der Waals surface area contributed by atoms with Gasteiger partial charge in [-0.2, -0.15) is 0 Å². The normalized spacial score (nSPS) is 37.0. The predicted molar refractivity (Wildman–Crippen MR) is 73.8 cm³/mol. The Bertz CT molecular complexity index is 229. The van der Waals surface area contributed by atoms with Crippen LogP contribution in [0.5, 0.6) is 0 Å². The van der Waals surface area contributed by atoms with Gasteiger partial charge in [0.1, 0.15) is 0 Å². The molecule has 3 heteroatoms. The Labute approximate surface area is 112 Å². The van der Waals surface area contributed by atoms with Crippen LogP contribution in [-0.4, -0.2) is 38.5 Å². The number of ether oxygens (including phenoxy) is 2. The first-order valence-corrected chi connectivity index (χ1v) is 7.69. The molecule has 1 saturated carbocycles. The van der Waals surface area contributed by atoms with E-state index in [1.165, 1.54) is 32.1 Å². The smallest absolute Gasteiger partial charge is 0.0700 e. The van der Waals surface area contributed by atoms with Crippen molar-refractivity contribution in [1.82, 2.24) is 5.32 Å². The van der Waals surface area contributed by atoms with Gasteiger partial charge >= 0.3 is 0 Å². The maximum Gasteiger partial charge on any atom is 0.0700 e. The predicted octanol–water partition coefficient (Wildman–Crippen LogP) is 2.60. The summed E-state index contributed by atoms with van der Waals surface area (Å²) in [5.41, 5.74) is 0. The molecule has 0 spiro atoms. The van der Waals surface area contributed by atoms with Crippen molar-refractivity contribution >= 4 is 0 Å². The maximum atomic E-state index is 5.96. The molecule has 2 aliphatic rings. The minimum Gasteiger partial charge on any atom is -0.377 e. The van der Waals surface area contributed by atoms with E-state index in [1.54, 1.807) is 0 Å². The Morgan fingerprint density at radius 3 is 2.78 bits per heavy atom. The highest BCUT2D eigenvalue weighted by molar-refractivity contribution is 4.75. The second-order valence-electron chi connectivity index (χ2n) is 6.10. The summed E-state index contributed by atoms with van der Waals surface area (Å²) in [7, 11) is 0. The molecule has 0 aromatic heterocycles. The number of hydrogen-bond donors (Lipinski definition) is 1. The van der Waals surface area contributed by atoms with Gasteiger partial charge in [-0.1, -0.05) is 13.8 Å². The summed E-state index contributed by atoms with van der Waals surface area (Å²) in [4.78, 5) is 0. The Morgan fingerprint density at radius 2 is 2.06 bits per heavy atom.